The van der Waals surface area contributed by atoms with Crippen molar-refractivity contribution < 1.29 is 9.32 Å². The van der Waals surface area contributed by atoms with Crippen LogP contribution in [0.5, 0.6) is 0 Å². The van der Waals surface area contributed by atoms with Gasteiger partial charge in [-0.2, -0.15) is 5.10 Å². The van der Waals surface area contributed by atoms with E-state index in [0.29, 0.717) is 24.5 Å². The number of amides is 1. The van der Waals surface area contributed by atoms with Crippen LogP contribution < -0.4 is 0 Å². The predicted molar refractivity (Wildman–Crippen MR) is 108 cm³/mol. The molecule has 1 saturated heterocycles. The van der Waals surface area contributed by atoms with Crippen LogP contribution in [0.3, 0.4) is 0 Å². The van der Waals surface area contributed by atoms with Crippen molar-refractivity contribution in [2.75, 3.05) is 13.1 Å². The fourth-order valence-electron chi connectivity index (χ4n) is 5.30. The molecule has 3 aromatic rings. The molecule has 2 fully saturated rings. The first kappa shape index (κ1) is 19.0. The molecule has 1 aliphatic heterocycles. The van der Waals surface area contributed by atoms with Gasteiger partial charge in [-0.15, -0.1) is 10.2 Å². The summed E-state index contributed by atoms with van der Waals surface area (Å²) in [4.78, 5) is 15.5. The predicted octanol–water partition coefficient (Wildman–Crippen LogP) is 2.55. The van der Waals surface area contributed by atoms with Gasteiger partial charge in [0.25, 0.3) is 5.91 Å². The molecule has 1 unspecified atom stereocenters. The Balaban J connectivity index is 1.45. The van der Waals surface area contributed by atoms with Gasteiger partial charge in [0.15, 0.2) is 5.69 Å². The standard InChI is InChI=1S/C21H27N7O2/c1-15-16(11-28-10-6-9-23-28)18(25-30-15)20(29)27-12-17(19-24-22-14-26(19)2)21(13-27)7-4-3-5-8-21/h6,9-10,14,17H,3-5,7-8,11-13H2,1-2H3. The zero-order valence-corrected chi connectivity index (χ0v) is 17.5. The molecule has 5 rings (SSSR count). The van der Waals surface area contributed by atoms with Crippen molar-refractivity contribution in [2.24, 2.45) is 12.5 Å². The quantitative estimate of drug-likeness (QED) is 0.657. The minimum Gasteiger partial charge on any atom is -0.361 e. The van der Waals surface area contributed by atoms with Crippen LogP contribution in [0.15, 0.2) is 29.3 Å². The van der Waals surface area contributed by atoms with Gasteiger partial charge in [-0.3, -0.25) is 9.48 Å². The second kappa shape index (κ2) is 7.37. The number of aromatic nitrogens is 6. The Morgan fingerprint density at radius 3 is 2.83 bits per heavy atom. The van der Waals surface area contributed by atoms with E-state index in [-0.39, 0.29) is 17.2 Å². The molecule has 1 amide bonds. The number of hydrogen-bond donors (Lipinski definition) is 0. The smallest absolute Gasteiger partial charge is 0.276 e. The van der Waals surface area contributed by atoms with E-state index in [1.807, 2.05) is 35.7 Å². The number of carbonyl (C=O) groups is 1. The van der Waals surface area contributed by atoms with E-state index < -0.39 is 0 Å². The van der Waals surface area contributed by atoms with Crippen LogP contribution >= 0.6 is 0 Å². The van der Waals surface area contributed by atoms with E-state index >= 15 is 0 Å². The molecule has 0 N–H and O–H groups in total. The van der Waals surface area contributed by atoms with E-state index in [1.165, 1.54) is 19.3 Å². The Morgan fingerprint density at radius 2 is 2.13 bits per heavy atom. The Bertz CT molecular complexity index is 1030. The summed E-state index contributed by atoms with van der Waals surface area (Å²) in [6, 6.07) is 1.86. The van der Waals surface area contributed by atoms with Crippen LogP contribution in [-0.4, -0.2) is 53.6 Å². The first-order chi connectivity index (χ1) is 14.6. The van der Waals surface area contributed by atoms with Gasteiger partial charge in [-0.05, 0) is 31.2 Å². The van der Waals surface area contributed by atoms with E-state index in [2.05, 4.69) is 20.5 Å². The molecule has 1 atom stereocenters. The summed E-state index contributed by atoms with van der Waals surface area (Å²) in [5.74, 6) is 1.76. The summed E-state index contributed by atoms with van der Waals surface area (Å²) in [5.41, 5.74) is 1.26. The third-order valence-electron chi connectivity index (χ3n) is 6.91. The van der Waals surface area contributed by atoms with Crippen molar-refractivity contribution in [3.8, 4) is 0 Å². The number of rotatable bonds is 4. The Kier molecular flexibility index (Phi) is 4.67. The van der Waals surface area contributed by atoms with Crippen molar-refractivity contribution in [2.45, 2.75) is 51.5 Å². The third kappa shape index (κ3) is 3.12. The van der Waals surface area contributed by atoms with Gasteiger partial charge in [0, 0.05) is 44.0 Å². The Labute approximate surface area is 175 Å². The summed E-state index contributed by atoms with van der Waals surface area (Å²) in [7, 11) is 1.99. The second-order valence-corrected chi connectivity index (χ2v) is 8.73. The number of nitrogens with zero attached hydrogens (tertiary/aromatic N) is 7. The molecule has 1 aliphatic carbocycles. The maximum Gasteiger partial charge on any atom is 0.276 e. The van der Waals surface area contributed by atoms with Crippen LogP contribution in [0.1, 0.15) is 65.7 Å². The molecule has 30 heavy (non-hydrogen) atoms. The van der Waals surface area contributed by atoms with Gasteiger partial charge in [0.2, 0.25) is 0 Å². The average molecular weight is 409 g/mol. The molecule has 0 radical (unpaired) electrons. The lowest BCUT2D eigenvalue weighted by atomic mass is 9.67. The third-order valence-corrected chi connectivity index (χ3v) is 6.91. The van der Waals surface area contributed by atoms with E-state index in [1.54, 1.807) is 17.2 Å². The van der Waals surface area contributed by atoms with Crippen molar-refractivity contribution in [1.82, 2.24) is 34.6 Å². The molecular formula is C21H27N7O2. The number of carbonyl (C=O) groups excluding carboxylic acids is 1. The van der Waals surface area contributed by atoms with Gasteiger partial charge in [-0.1, -0.05) is 24.4 Å². The molecule has 3 aromatic heterocycles. The summed E-state index contributed by atoms with van der Waals surface area (Å²) in [6.45, 7) is 3.68. The van der Waals surface area contributed by atoms with E-state index in [0.717, 1.165) is 30.8 Å². The fourth-order valence-corrected chi connectivity index (χ4v) is 5.30. The Hall–Kier alpha value is -2.97. The first-order valence-corrected chi connectivity index (χ1v) is 10.6. The van der Waals surface area contributed by atoms with E-state index in [4.69, 9.17) is 4.52 Å². The monoisotopic (exact) mass is 409 g/mol. The fraction of sp³-hybridized carbons (Fsp3) is 0.571. The highest BCUT2D eigenvalue weighted by Gasteiger charge is 2.51. The normalized spacial score (nSPS) is 20.9. The largest absolute Gasteiger partial charge is 0.361 e. The van der Waals surface area contributed by atoms with Gasteiger partial charge >= 0.3 is 0 Å². The number of likely N-dealkylation sites (tertiary alicyclic amines) is 1. The Morgan fingerprint density at radius 1 is 1.30 bits per heavy atom. The highest BCUT2D eigenvalue weighted by molar-refractivity contribution is 5.94. The topological polar surface area (TPSA) is 94.9 Å². The maximum absolute atomic E-state index is 13.6. The van der Waals surface area contributed by atoms with Crippen molar-refractivity contribution >= 4 is 5.91 Å². The van der Waals surface area contributed by atoms with E-state index in [9.17, 15) is 4.79 Å². The summed E-state index contributed by atoms with van der Waals surface area (Å²) in [5, 5.41) is 16.9. The van der Waals surface area contributed by atoms with Crippen molar-refractivity contribution in [1.29, 1.82) is 0 Å². The SMILES string of the molecule is Cc1onc(C(=O)N2CC(c3nncn3C)C3(CCCCC3)C2)c1Cn1cccn1. The van der Waals surface area contributed by atoms with Gasteiger partial charge in [0.1, 0.15) is 17.9 Å². The van der Waals surface area contributed by atoms with Crippen LogP contribution in [0.25, 0.3) is 0 Å². The molecule has 4 heterocycles. The minimum atomic E-state index is -0.0661. The van der Waals surface area contributed by atoms with Crippen LogP contribution in [-0.2, 0) is 13.6 Å². The molecule has 2 aliphatic rings. The van der Waals surface area contributed by atoms with Crippen LogP contribution in [0.2, 0.25) is 0 Å². The van der Waals surface area contributed by atoms with Crippen molar-refractivity contribution in [3.05, 3.63) is 47.6 Å². The summed E-state index contributed by atoms with van der Waals surface area (Å²) < 4.78 is 9.20. The lowest BCUT2D eigenvalue weighted by molar-refractivity contribution is 0.0747. The molecular weight excluding hydrogens is 382 g/mol. The molecule has 9 heteroatoms. The van der Waals surface area contributed by atoms with Crippen LogP contribution in [0, 0.1) is 12.3 Å². The molecule has 0 bridgehead atoms. The highest BCUT2D eigenvalue weighted by Crippen LogP contribution is 2.51. The maximum atomic E-state index is 13.6. The minimum absolute atomic E-state index is 0.0651. The second-order valence-electron chi connectivity index (χ2n) is 8.73. The van der Waals surface area contributed by atoms with Crippen molar-refractivity contribution in [3.63, 3.8) is 0 Å². The van der Waals surface area contributed by atoms with Gasteiger partial charge < -0.3 is 14.0 Å². The molecule has 9 nitrogen and oxygen atoms in total. The lowest BCUT2D eigenvalue weighted by Crippen LogP contribution is -2.35. The zero-order chi connectivity index (χ0) is 20.7. The average Bonchev–Trinajstić information content (AvgIpc) is 3.53. The molecule has 1 spiro atoms. The highest BCUT2D eigenvalue weighted by atomic mass is 16.5. The first-order valence-electron chi connectivity index (χ1n) is 10.6. The lowest BCUT2D eigenvalue weighted by Gasteiger charge is -2.37. The molecule has 158 valence electrons. The van der Waals surface area contributed by atoms with Gasteiger partial charge in [0.05, 0.1) is 6.54 Å². The number of aryl methyl sites for hydroxylation is 2. The zero-order valence-electron chi connectivity index (χ0n) is 17.5. The summed E-state index contributed by atoms with van der Waals surface area (Å²) >= 11 is 0. The number of hydrogen-bond acceptors (Lipinski definition) is 6. The summed E-state index contributed by atoms with van der Waals surface area (Å²) in [6.07, 6.45) is 11.2. The van der Waals surface area contributed by atoms with Crippen LogP contribution in [0.4, 0.5) is 0 Å². The molecule has 0 aromatic carbocycles. The van der Waals surface area contributed by atoms with Gasteiger partial charge in [-0.25, -0.2) is 0 Å². The molecule has 1 saturated carbocycles.